The predicted molar refractivity (Wildman–Crippen MR) is 67.3 cm³/mol. The summed E-state index contributed by atoms with van der Waals surface area (Å²) in [6.45, 7) is 10.5. The van der Waals surface area contributed by atoms with Crippen LogP contribution in [-0.2, 0) is 4.79 Å². The Hall–Kier alpha value is -0.570. The lowest BCUT2D eigenvalue weighted by Crippen LogP contribution is -2.48. The minimum Gasteiger partial charge on any atom is -0.341 e. The molecule has 0 aromatic rings. The Morgan fingerprint density at radius 2 is 1.81 bits per heavy atom. The normalized spacial score (nSPS) is 21.9. The number of rotatable bonds is 5. The highest BCUT2D eigenvalue weighted by Crippen LogP contribution is 2.11. The number of likely N-dealkylation sites (tertiary alicyclic amines) is 1. The Kier molecular flexibility index (Phi) is 5.26. The number of nitrogens with one attached hydrogen (secondary N) is 1. The Morgan fingerprint density at radius 1 is 1.25 bits per heavy atom. The number of hydrogen-bond donors (Lipinski definition) is 1. The summed E-state index contributed by atoms with van der Waals surface area (Å²) < 4.78 is 0. The van der Waals surface area contributed by atoms with E-state index in [1.165, 1.54) is 12.8 Å². The molecule has 94 valence electrons. The predicted octanol–water partition coefficient (Wildman–Crippen LogP) is 2.02. The lowest BCUT2D eigenvalue weighted by molar-refractivity contribution is -0.132. The highest BCUT2D eigenvalue weighted by Gasteiger charge is 2.24. The van der Waals surface area contributed by atoms with Crippen molar-refractivity contribution >= 4 is 5.91 Å². The number of nitrogens with zero attached hydrogens (tertiary/aromatic N) is 1. The molecule has 0 bridgehead atoms. The maximum Gasteiger partial charge on any atom is 0.239 e. The second-order valence-electron chi connectivity index (χ2n) is 5.09. The van der Waals surface area contributed by atoms with Gasteiger partial charge in [0, 0.05) is 19.1 Å². The van der Waals surface area contributed by atoms with E-state index in [4.69, 9.17) is 0 Å². The summed E-state index contributed by atoms with van der Waals surface area (Å²) in [4.78, 5) is 14.0. The first-order valence-electron chi connectivity index (χ1n) is 6.61. The van der Waals surface area contributed by atoms with Crippen LogP contribution in [-0.4, -0.2) is 36.0 Å². The van der Waals surface area contributed by atoms with E-state index in [9.17, 15) is 4.79 Å². The van der Waals surface area contributed by atoms with Gasteiger partial charge < -0.3 is 10.2 Å². The molecule has 1 rings (SSSR count). The lowest BCUT2D eigenvalue weighted by atomic mass is 10.00. The summed E-state index contributed by atoms with van der Waals surface area (Å²) in [7, 11) is 0. The van der Waals surface area contributed by atoms with Crippen LogP contribution in [0.25, 0.3) is 0 Å². The first-order chi connectivity index (χ1) is 7.56. The van der Waals surface area contributed by atoms with Crippen LogP contribution in [0.1, 0.15) is 47.0 Å². The van der Waals surface area contributed by atoms with Gasteiger partial charge in [-0.3, -0.25) is 4.79 Å². The molecular formula is C13H26N2O. The van der Waals surface area contributed by atoms with Crippen LogP contribution >= 0.6 is 0 Å². The molecule has 1 saturated heterocycles. The smallest absolute Gasteiger partial charge is 0.239 e. The van der Waals surface area contributed by atoms with Gasteiger partial charge in [0.2, 0.25) is 5.91 Å². The van der Waals surface area contributed by atoms with Gasteiger partial charge in [-0.15, -0.1) is 0 Å². The summed E-state index contributed by atoms with van der Waals surface area (Å²) in [5, 5.41) is 3.42. The van der Waals surface area contributed by atoms with E-state index in [0.717, 1.165) is 19.5 Å². The molecule has 0 aromatic carbocycles. The second kappa shape index (κ2) is 6.24. The van der Waals surface area contributed by atoms with Gasteiger partial charge in [-0.1, -0.05) is 20.3 Å². The Labute approximate surface area is 99.6 Å². The van der Waals surface area contributed by atoms with Gasteiger partial charge in [0.05, 0.1) is 6.04 Å². The first kappa shape index (κ1) is 13.5. The third kappa shape index (κ3) is 3.48. The Bertz CT molecular complexity index is 224. The molecule has 3 atom stereocenters. The monoisotopic (exact) mass is 226 g/mol. The van der Waals surface area contributed by atoms with E-state index in [-0.39, 0.29) is 11.9 Å². The second-order valence-corrected chi connectivity index (χ2v) is 5.09. The van der Waals surface area contributed by atoms with Gasteiger partial charge in [0.25, 0.3) is 0 Å². The van der Waals surface area contributed by atoms with Crippen molar-refractivity contribution < 1.29 is 4.79 Å². The fourth-order valence-electron chi connectivity index (χ4n) is 2.19. The summed E-state index contributed by atoms with van der Waals surface area (Å²) in [5.41, 5.74) is 0. The minimum atomic E-state index is -0.0397. The molecule has 1 aliphatic rings. The Morgan fingerprint density at radius 3 is 2.31 bits per heavy atom. The zero-order valence-electron chi connectivity index (χ0n) is 11.1. The fraction of sp³-hybridized carbons (Fsp3) is 0.923. The van der Waals surface area contributed by atoms with Crippen molar-refractivity contribution in [2.75, 3.05) is 13.1 Å². The molecule has 0 radical (unpaired) electrons. The summed E-state index contributed by atoms with van der Waals surface area (Å²) in [5.74, 6) is 0.890. The number of amides is 1. The topological polar surface area (TPSA) is 32.3 Å². The van der Waals surface area contributed by atoms with Gasteiger partial charge in [0.15, 0.2) is 0 Å². The van der Waals surface area contributed by atoms with E-state index >= 15 is 0 Å². The van der Waals surface area contributed by atoms with Crippen LogP contribution in [0.15, 0.2) is 0 Å². The number of hydrogen-bond acceptors (Lipinski definition) is 2. The molecule has 1 N–H and O–H groups in total. The summed E-state index contributed by atoms with van der Waals surface area (Å²) >= 11 is 0. The third-order valence-electron chi connectivity index (χ3n) is 3.80. The molecule has 1 fully saturated rings. The molecule has 0 aliphatic carbocycles. The maximum absolute atomic E-state index is 12.1. The van der Waals surface area contributed by atoms with Gasteiger partial charge in [-0.25, -0.2) is 0 Å². The van der Waals surface area contributed by atoms with Crippen molar-refractivity contribution in [2.24, 2.45) is 5.92 Å². The van der Waals surface area contributed by atoms with Crippen molar-refractivity contribution in [3.05, 3.63) is 0 Å². The average molecular weight is 226 g/mol. The molecule has 0 aromatic heterocycles. The lowest BCUT2D eigenvalue weighted by Gasteiger charge is -2.27. The maximum atomic E-state index is 12.1. The molecule has 3 nitrogen and oxygen atoms in total. The SMILES string of the molecule is CCC(C)C(C)NC(C)C(=O)N1CCCC1. The van der Waals surface area contributed by atoms with Crippen molar-refractivity contribution in [2.45, 2.75) is 59.0 Å². The first-order valence-corrected chi connectivity index (χ1v) is 6.61. The zero-order valence-corrected chi connectivity index (χ0v) is 11.1. The molecule has 3 heteroatoms. The molecule has 1 amide bonds. The molecule has 1 heterocycles. The number of carbonyl (C=O) groups excluding carboxylic acids is 1. The van der Waals surface area contributed by atoms with Crippen LogP contribution in [0, 0.1) is 5.92 Å². The average Bonchev–Trinajstić information content (AvgIpc) is 2.79. The Balaban J connectivity index is 2.38. The molecule has 0 spiro atoms. The van der Waals surface area contributed by atoms with E-state index in [0.29, 0.717) is 12.0 Å². The number of carbonyl (C=O) groups is 1. The zero-order chi connectivity index (χ0) is 12.1. The molecule has 0 saturated carbocycles. The quantitative estimate of drug-likeness (QED) is 0.778. The molecule has 3 unspecified atom stereocenters. The largest absolute Gasteiger partial charge is 0.341 e. The van der Waals surface area contributed by atoms with Crippen LogP contribution in [0.4, 0.5) is 0 Å². The van der Waals surface area contributed by atoms with Crippen LogP contribution < -0.4 is 5.32 Å². The van der Waals surface area contributed by atoms with Gasteiger partial charge in [-0.2, -0.15) is 0 Å². The van der Waals surface area contributed by atoms with Crippen molar-refractivity contribution in [3.8, 4) is 0 Å². The standard InChI is InChI=1S/C13H26N2O/c1-5-10(2)11(3)14-12(4)13(16)15-8-6-7-9-15/h10-12,14H,5-9H2,1-4H3. The summed E-state index contributed by atoms with van der Waals surface area (Å²) in [6, 6.07) is 0.369. The highest BCUT2D eigenvalue weighted by atomic mass is 16.2. The molecular weight excluding hydrogens is 200 g/mol. The van der Waals surface area contributed by atoms with Gasteiger partial charge in [0.1, 0.15) is 0 Å². The van der Waals surface area contributed by atoms with Crippen LogP contribution in [0.5, 0.6) is 0 Å². The van der Waals surface area contributed by atoms with Crippen molar-refractivity contribution in [1.29, 1.82) is 0 Å². The molecule has 1 aliphatic heterocycles. The van der Waals surface area contributed by atoms with E-state index < -0.39 is 0 Å². The van der Waals surface area contributed by atoms with Crippen LogP contribution in [0.2, 0.25) is 0 Å². The van der Waals surface area contributed by atoms with Crippen molar-refractivity contribution in [1.82, 2.24) is 10.2 Å². The fourth-order valence-corrected chi connectivity index (χ4v) is 2.19. The van der Waals surface area contributed by atoms with Gasteiger partial charge in [-0.05, 0) is 32.6 Å². The third-order valence-corrected chi connectivity index (χ3v) is 3.80. The minimum absolute atomic E-state index is 0.0397. The van der Waals surface area contributed by atoms with Crippen molar-refractivity contribution in [3.63, 3.8) is 0 Å². The van der Waals surface area contributed by atoms with E-state index in [2.05, 4.69) is 26.1 Å². The summed E-state index contributed by atoms with van der Waals surface area (Å²) in [6.07, 6.45) is 3.48. The highest BCUT2D eigenvalue weighted by molar-refractivity contribution is 5.81. The van der Waals surface area contributed by atoms with Crippen LogP contribution in [0.3, 0.4) is 0 Å². The van der Waals surface area contributed by atoms with E-state index in [1.54, 1.807) is 0 Å². The van der Waals surface area contributed by atoms with Gasteiger partial charge >= 0.3 is 0 Å². The molecule has 16 heavy (non-hydrogen) atoms. The van der Waals surface area contributed by atoms with E-state index in [1.807, 2.05) is 11.8 Å².